The van der Waals surface area contributed by atoms with Crippen LogP contribution < -0.4 is 20.1 Å². The lowest BCUT2D eigenvalue weighted by molar-refractivity contribution is 0.0732. The van der Waals surface area contributed by atoms with Gasteiger partial charge in [-0.1, -0.05) is 6.42 Å². The third-order valence-electron chi connectivity index (χ3n) is 5.05. The second kappa shape index (κ2) is 13.0. The first-order chi connectivity index (χ1) is 12.7. The molecule has 2 N–H and O–H groups in total. The fourth-order valence-corrected chi connectivity index (χ4v) is 3.14. The summed E-state index contributed by atoms with van der Waals surface area (Å²) in [7, 11) is 5.24. The van der Waals surface area contributed by atoms with Gasteiger partial charge in [-0.15, -0.1) is 24.0 Å². The first kappa shape index (κ1) is 23.8. The highest BCUT2D eigenvalue weighted by molar-refractivity contribution is 14.0. The summed E-state index contributed by atoms with van der Waals surface area (Å²) < 4.78 is 16.1. The van der Waals surface area contributed by atoms with Crippen molar-refractivity contribution in [2.45, 2.75) is 32.1 Å². The molecule has 1 aromatic carbocycles. The molecule has 1 aromatic rings. The summed E-state index contributed by atoms with van der Waals surface area (Å²) in [6.07, 6.45) is 5.89. The maximum atomic E-state index is 5.74. The van der Waals surface area contributed by atoms with Crippen LogP contribution in [-0.2, 0) is 4.74 Å². The van der Waals surface area contributed by atoms with E-state index in [-0.39, 0.29) is 24.0 Å². The zero-order valence-electron chi connectivity index (χ0n) is 16.8. The molecule has 1 saturated carbocycles. The second-order valence-electron chi connectivity index (χ2n) is 6.83. The number of rotatable bonds is 11. The van der Waals surface area contributed by atoms with Gasteiger partial charge in [0.15, 0.2) is 5.96 Å². The predicted molar refractivity (Wildman–Crippen MR) is 121 cm³/mol. The highest BCUT2D eigenvalue weighted by Crippen LogP contribution is 2.43. The number of benzene rings is 1. The molecule has 7 heteroatoms. The molecule has 0 aromatic heterocycles. The molecule has 27 heavy (non-hydrogen) atoms. The zero-order chi connectivity index (χ0) is 18.7. The number of hydrogen-bond acceptors (Lipinski definition) is 4. The van der Waals surface area contributed by atoms with Gasteiger partial charge in [-0.05, 0) is 55.4 Å². The Bertz CT molecular complexity index is 548. The van der Waals surface area contributed by atoms with Gasteiger partial charge in [0.05, 0.1) is 13.7 Å². The summed E-state index contributed by atoms with van der Waals surface area (Å²) in [4.78, 5) is 4.31. The Morgan fingerprint density at radius 2 is 1.78 bits per heavy atom. The smallest absolute Gasteiger partial charge is 0.190 e. The van der Waals surface area contributed by atoms with Crippen molar-refractivity contribution >= 4 is 29.9 Å². The molecule has 0 saturated heterocycles. The number of nitrogens with one attached hydrogen (secondary N) is 2. The summed E-state index contributed by atoms with van der Waals surface area (Å²) in [6.45, 7) is 3.27. The van der Waals surface area contributed by atoms with Crippen molar-refractivity contribution in [2.24, 2.45) is 10.4 Å². The van der Waals surface area contributed by atoms with Gasteiger partial charge < -0.3 is 24.8 Å². The molecule has 0 radical (unpaired) electrons. The molecule has 1 fully saturated rings. The molecule has 0 bridgehead atoms. The van der Waals surface area contributed by atoms with Crippen LogP contribution in [0.5, 0.6) is 11.5 Å². The Kier molecular flexibility index (Phi) is 11.5. The van der Waals surface area contributed by atoms with Gasteiger partial charge in [0, 0.05) is 33.9 Å². The normalized spacial score (nSPS) is 15.3. The number of hydrogen-bond donors (Lipinski definition) is 2. The zero-order valence-corrected chi connectivity index (χ0v) is 19.1. The topological polar surface area (TPSA) is 64.1 Å². The van der Waals surface area contributed by atoms with Crippen LogP contribution in [0, 0.1) is 5.41 Å². The predicted octanol–water partition coefficient (Wildman–Crippen LogP) is 3.45. The van der Waals surface area contributed by atoms with Crippen molar-refractivity contribution in [3.8, 4) is 11.5 Å². The lowest BCUT2D eigenvalue weighted by atomic mass is 9.67. The van der Waals surface area contributed by atoms with E-state index in [1.54, 1.807) is 14.2 Å². The summed E-state index contributed by atoms with van der Waals surface area (Å²) >= 11 is 0. The monoisotopic (exact) mass is 491 g/mol. The Labute approximate surface area is 180 Å². The van der Waals surface area contributed by atoms with E-state index in [0.717, 1.165) is 50.0 Å². The van der Waals surface area contributed by atoms with Crippen LogP contribution in [-0.4, -0.2) is 53.5 Å². The van der Waals surface area contributed by atoms with Gasteiger partial charge in [-0.25, -0.2) is 0 Å². The van der Waals surface area contributed by atoms with E-state index in [4.69, 9.17) is 14.2 Å². The second-order valence-corrected chi connectivity index (χ2v) is 6.83. The van der Waals surface area contributed by atoms with E-state index in [0.29, 0.717) is 12.0 Å². The average molecular weight is 491 g/mol. The Hall–Kier alpha value is -1.22. The highest BCUT2D eigenvalue weighted by atomic mass is 127. The lowest BCUT2D eigenvalue weighted by Crippen LogP contribution is -2.47. The van der Waals surface area contributed by atoms with E-state index in [1.165, 1.54) is 19.3 Å². The van der Waals surface area contributed by atoms with Crippen molar-refractivity contribution in [2.75, 3.05) is 47.6 Å². The largest absolute Gasteiger partial charge is 0.497 e. The van der Waals surface area contributed by atoms with Crippen LogP contribution >= 0.6 is 24.0 Å². The third kappa shape index (κ3) is 8.13. The van der Waals surface area contributed by atoms with E-state index in [9.17, 15) is 0 Å². The fraction of sp³-hybridized carbons (Fsp3) is 0.650. The Balaban J connectivity index is 0.00000364. The SMILES string of the molecule is CN=C(NCCCOc1ccc(OC)cc1)NCC1(CCOC)CCC1.I. The van der Waals surface area contributed by atoms with Crippen LogP contribution in [0.25, 0.3) is 0 Å². The third-order valence-corrected chi connectivity index (χ3v) is 5.05. The minimum absolute atomic E-state index is 0. The fourth-order valence-electron chi connectivity index (χ4n) is 3.14. The molecule has 2 rings (SSSR count). The van der Waals surface area contributed by atoms with Crippen molar-refractivity contribution in [3.05, 3.63) is 24.3 Å². The maximum Gasteiger partial charge on any atom is 0.190 e. The molecule has 154 valence electrons. The number of ether oxygens (including phenoxy) is 3. The molecule has 0 aliphatic heterocycles. The van der Waals surface area contributed by atoms with Crippen molar-refractivity contribution < 1.29 is 14.2 Å². The van der Waals surface area contributed by atoms with Crippen LogP contribution in [0.2, 0.25) is 0 Å². The minimum atomic E-state index is 0. The molecule has 0 unspecified atom stereocenters. The van der Waals surface area contributed by atoms with Gasteiger partial charge in [-0.2, -0.15) is 0 Å². The molecule has 0 amide bonds. The summed E-state index contributed by atoms with van der Waals surface area (Å²) in [5, 5.41) is 6.83. The maximum absolute atomic E-state index is 5.74. The van der Waals surface area contributed by atoms with Crippen LogP contribution in [0.15, 0.2) is 29.3 Å². The first-order valence-corrected chi connectivity index (χ1v) is 9.42. The minimum Gasteiger partial charge on any atom is -0.497 e. The van der Waals surface area contributed by atoms with Crippen LogP contribution in [0.1, 0.15) is 32.1 Å². The summed E-state index contributed by atoms with van der Waals surface area (Å²) in [5.41, 5.74) is 0.380. The van der Waals surface area contributed by atoms with Gasteiger partial charge in [-0.3, -0.25) is 4.99 Å². The average Bonchev–Trinajstić information content (AvgIpc) is 2.65. The van der Waals surface area contributed by atoms with Crippen LogP contribution in [0.4, 0.5) is 0 Å². The molecule has 0 atom stereocenters. The van der Waals surface area contributed by atoms with Crippen molar-refractivity contribution in [1.29, 1.82) is 0 Å². The van der Waals surface area contributed by atoms with Gasteiger partial charge in [0.25, 0.3) is 0 Å². The quantitative estimate of drug-likeness (QED) is 0.215. The number of halogens is 1. The van der Waals surface area contributed by atoms with Gasteiger partial charge >= 0.3 is 0 Å². The molecule has 6 nitrogen and oxygen atoms in total. The van der Waals surface area contributed by atoms with Crippen LogP contribution in [0.3, 0.4) is 0 Å². The van der Waals surface area contributed by atoms with E-state index >= 15 is 0 Å². The summed E-state index contributed by atoms with van der Waals surface area (Å²) in [5.74, 6) is 2.56. The summed E-state index contributed by atoms with van der Waals surface area (Å²) in [6, 6.07) is 7.65. The number of aliphatic imine (C=N–C) groups is 1. The highest BCUT2D eigenvalue weighted by Gasteiger charge is 2.36. The Morgan fingerprint density at radius 3 is 2.33 bits per heavy atom. The number of methoxy groups -OCH3 is 2. The number of nitrogens with zero attached hydrogens (tertiary/aromatic N) is 1. The van der Waals surface area contributed by atoms with E-state index in [2.05, 4.69) is 15.6 Å². The Morgan fingerprint density at radius 1 is 1.07 bits per heavy atom. The molecule has 1 aliphatic rings. The molecular weight excluding hydrogens is 457 g/mol. The van der Waals surface area contributed by atoms with E-state index in [1.807, 2.05) is 31.3 Å². The van der Waals surface area contributed by atoms with E-state index < -0.39 is 0 Å². The molecule has 0 spiro atoms. The lowest BCUT2D eigenvalue weighted by Gasteiger charge is -2.42. The standard InChI is InChI=1S/C20H33N3O3.HI/c1-21-19(23-16-20(10-4-11-20)12-15-24-2)22-13-5-14-26-18-8-6-17(25-3)7-9-18;/h6-9H,4-5,10-16H2,1-3H3,(H2,21,22,23);1H. The molecule has 1 aliphatic carbocycles. The molecular formula is C20H34IN3O3. The van der Waals surface area contributed by atoms with Gasteiger partial charge in [0.2, 0.25) is 0 Å². The van der Waals surface area contributed by atoms with Crippen molar-refractivity contribution in [1.82, 2.24) is 10.6 Å². The first-order valence-electron chi connectivity index (χ1n) is 9.42. The number of guanidine groups is 1. The van der Waals surface area contributed by atoms with Crippen molar-refractivity contribution in [3.63, 3.8) is 0 Å². The molecule has 0 heterocycles. The van der Waals surface area contributed by atoms with Gasteiger partial charge in [0.1, 0.15) is 11.5 Å².